The first-order chi connectivity index (χ1) is 15.6. The third kappa shape index (κ3) is 5.80. The molecule has 1 aliphatic heterocycles. The van der Waals surface area contributed by atoms with E-state index in [1.165, 1.54) is 17.0 Å². The molecule has 1 heterocycles. The molecule has 1 amide bonds. The largest absolute Gasteiger partial charge is 0.478 e. The number of hydrogen-bond donors (Lipinski definition) is 1. The van der Waals surface area contributed by atoms with Crippen LogP contribution in [0.5, 0.6) is 0 Å². The zero-order chi connectivity index (χ0) is 24.2. The zero-order valence-electron chi connectivity index (χ0n) is 18.3. The molecule has 1 aliphatic rings. The maximum absolute atomic E-state index is 13.2. The molecule has 0 fully saturated rings. The summed E-state index contributed by atoms with van der Waals surface area (Å²) in [6.45, 7) is 3.81. The number of amides is 1. The summed E-state index contributed by atoms with van der Waals surface area (Å²) in [5, 5.41) is 8.48. The molecular formula is C26H24F3NO3. The number of carboxylic acids is 1. The van der Waals surface area contributed by atoms with Crippen LogP contribution in [0.4, 0.5) is 18.9 Å². The molecule has 33 heavy (non-hydrogen) atoms. The molecule has 4 nitrogen and oxygen atoms in total. The number of alkyl halides is 3. The van der Waals surface area contributed by atoms with Crippen LogP contribution < -0.4 is 4.90 Å². The summed E-state index contributed by atoms with van der Waals surface area (Å²) >= 11 is 0. The molecule has 0 spiro atoms. The summed E-state index contributed by atoms with van der Waals surface area (Å²) in [7, 11) is 0. The van der Waals surface area contributed by atoms with Gasteiger partial charge < -0.3 is 10.0 Å². The summed E-state index contributed by atoms with van der Waals surface area (Å²) in [5.41, 5.74) is 2.53. The molecule has 7 heteroatoms. The van der Waals surface area contributed by atoms with Gasteiger partial charge in [0.05, 0.1) is 17.7 Å². The fourth-order valence-electron chi connectivity index (χ4n) is 3.74. The minimum absolute atomic E-state index is 0.0712. The van der Waals surface area contributed by atoms with Gasteiger partial charge in [0.15, 0.2) is 0 Å². The molecule has 172 valence electrons. The van der Waals surface area contributed by atoms with Gasteiger partial charge in [0.25, 0.3) is 0 Å². The number of aromatic carboxylic acids is 1. The van der Waals surface area contributed by atoms with Gasteiger partial charge in [-0.05, 0) is 48.2 Å². The van der Waals surface area contributed by atoms with Gasteiger partial charge in [-0.2, -0.15) is 13.2 Å². The summed E-state index contributed by atoms with van der Waals surface area (Å²) < 4.78 is 39.5. The van der Waals surface area contributed by atoms with Crippen molar-refractivity contribution < 1.29 is 27.9 Å². The van der Waals surface area contributed by atoms with Crippen molar-refractivity contribution in [2.45, 2.75) is 38.9 Å². The Bertz CT molecular complexity index is 1140. The molecule has 0 radical (unpaired) electrons. The van der Waals surface area contributed by atoms with E-state index in [1.807, 2.05) is 26.0 Å². The summed E-state index contributed by atoms with van der Waals surface area (Å²) in [6, 6.07) is 19.6. The molecule has 0 saturated heterocycles. The third-order valence-corrected chi connectivity index (χ3v) is 5.49. The van der Waals surface area contributed by atoms with Crippen molar-refractivity contribution in [3.05, 3.63) is 101 Å². The van der Waals surface area contributed by atoms with E-state index in [-0.39, 0.29) is 23.9 Å². The Morgan fingerprint density at radius 1 is 1.00 bits per heavy atom. The molecule has 0 aliphatic carbocycles. The van der Waals surface area contributed by atoms with Gasteiger partial charge in [0, 0.05) is 12.1 Å². The smallest absolute Gasteiger partial charge is 0.416 e. The van der Waals surface area contributed by atoms with Crippen LogP contribution in [0.1, 0.15) is 51.9 Å². The SMILES string of the molecule is CC1CC(=O)N(Cc2ccccc2C(F)(F)F)c2ccccc21.Cc1ccc(C(=O)O)cc1. The summed E-state index contributed by atoms with van der Waals surface area (Å²) in [5.74, 6) is -0.944. The Hall–Kier alpha value is -3.61. The van der Waals surface area contributed by atoms with Crippen molar-refractivity contribution >= 4 is 17.6 Å². The molecule has 3 aromatic rings. The normalized spacial score (nSPS) is 15.4. The molecule has 0 aromatic heterocycles. The lowest BCUT2D eigenvalue weighted by molar-refractivity contribution is -0.138. The number of rotatable bonds is 3. The van der Waals surface area contributed by atoms with E-state index in [0.717, 1.165) is 17.2 Å². The minimum Gasteiger partial charge on any atom is -0.478 e. The molecule has 0 bridgehead atoms. The van der Waals surface area contributed by atoms with Crippen molar-refractivity contribution in [1.82, 2.24) is 0 Å². The lowest BCUT2D eigenvalue weighted by Gasteiger charge is -2.33. The van der Waals surface area contributed by atoms with E-state index in [2.05, 4.69) is 0 Å². The average Bonchev–Trinajstić information content (AvgIpc) is 2.77. The molecule has 4 rings (SSSR count). The average molecular weight is 455 g/mol. The van der Waals surface area contributed by atoms with E-state index in [9.17, 15) is 22.8 Å². The first kappa shape index (κ1) is 24.0. The van der Waals surface area contributed by atoms with Gasteiger partial charge in [0.1, 0.15) is 0 Å². The van der Waals surface area contributed by atoms with Crippen LogP contribution in [-0.4, -0.2) is 17.0 Å². The number of halogens is 3. The number of carbonyl (C=O) groups is 2. The number of carboxylic acid groups (broad SMARTS) is 1. The highest BCUT2D eigenvalue weighted by molar-refractivity contribution is 5.97. The number of aryl methyl sites for hydroxylation is 1. The fraction of sp³-hybridized carbons (Fsp3) is 0.231. The molecule has 1 atom stereocenters. The zero-order valence-corrected chi connectivity index (χ0v) is 18.3. The lowest BCUT2D eigenvalue weighted by atomic mass is 9.90. The second-order valence-electron chi connectivity index (χ2n) is 7.97. The minimum atomic E-state index is -4.43. The maximum atomic E-state index is 13.2. The highest BCUT2D eigenvalue weighted by Gasteiger charge is 2.35. The standard InChI is InChI=1S/C18H16F3NO.C8H8O2/c1-12-10-17(23)22(16-9-5-3-7-14(12)16)11-13-6-2-4-8-15(13)18(19,20)21;1-6-2-4-7(5-3-6)8(9)10/h2-9,12H,10-11H2,1H3;2-5H,1H3,(H,9,10). The Kier molecular flexibility index (Phi) is 7.21. The second-order valence-corrected chi connectivity index (χ2v) is 7.97. The molecular weight excluding hydrogens is 431 g/mol. The van der Waals surface area contributed by atoms with Crippen LogP contribution in [0.25, 0.3) is 0 Å². The van der Waals surface area contributed by atoms with Crippen molar-refractivity contribution in [1.29, 1.82) is 0 Å². The van der Waals surface area contributed by atoms with Crippen molar-refractivity contribution in [3.8, 4) is 0 Å². The van der Waals surface area contributed by atoms with Crippen LogP contribution in [0.3, 0.4) is 0 Å². The number of fused-ring (bicyclic) bond motifs is 1. The number of nitrogens with zero attached hydrogens (tertiary/aromatic N) is 1. The fourth-order valence-corrected chi connectivity index (χ4v) is 3.74. The second kappa shape index (κ2) is 9.90. The quantitative estimate of drug-likeness (QED) is 0.495. The number of carbonyl (C=O) groups excluding carboxylic acids is 1. The van der Waals surface area contributed by atoms with Gasteiger partial charge in [-0.15, -0.1) is 0 Å². The predicted octanol–water partition coefficient (Wildman–Crippen LogP) is 6.44. The molecule has 0 saturated carbocycles. The van der Waals surface area contributed by atoms with Gasteiger partial charge in [-0.25, -0.2) is 4.79 Å². The lowest BCUT2D eigenvalue weighted by Crippen LogP contribution is -2.36. The van der Waals surface area contributed by atoms with E-state index >= 15 is 0 Å². The van der Waals surface area contributed by atoms with Gasteiger partial charge in [-0.3, -0.25) is 4.79 Å². The van der Waals surface area contributed by atoms with Crippen LogP contribution in [0.2, 0.25) is 0 Å². The summed E-state index contributed by atoms with van der Waals surface area (Å²) in [6.07, 6.45) is -4.12. The van der Waals surface area contributed by atoms with E-state index < -0.39 is 17.7 Å². The number of anilines is 1. The van der Waals surface area contributed by atoms with Crippen LogP contribution in [0, 0.1) is 6.92 Å². The van der Waals surface area contributed by atoms with E-state index in [1.54, 1.807) is 42.5 Å². The van der Waals surface area contributed by atoms with Crippen molar-refractivity contribution in [3.63, 3.8) is 0 Å². The van der Waals surface area contributed by atoms with Crippen molar-refractivity contribution in [2.24, 2.45) is 0 Å². The predicted molar refractivity (Wildman–Crippen MR) is 120 cm³/mol. The first-order valence-corrected chi connectivity index (χ1v) is 10.4. The topological polar surface area (TPSA) is 57.6 Å². The monoisotopic (exact) mass is 455 g/mol. The number of hydrogen-bond acceptors (Lipinski definition) is 2. The Morgan fingerprint density at radius 2 is 1.61 bits per heavy atom. The molecule has 3 aromatic carbocycles. The van der Waals surface area contributed by atoms with E-state index in [0.29, 0.717) is 17.7 Å². The van der Waals surface area contributed by atoms with E-state index in [4.69, 9.17) is 5.11 Å². The third-order valence-electron chi connectivity index (χ3n) is 5.49. The molecule has 1 N–H and O–H groups in total. The Labute approximate surface area is 190 Å². The van der Waals surface area contributed by atoms with Crippen LogP contribution >= 0.6 is 0 Å². The Morgan fingerprint density at radius 3 is 2.24 bits per heavy atom. The number of benzene rings is 3. The van der Waals surface area contributed by atoms with Gasteiger partial charge in [0.2, 0.25) is 5.91 Å². The summed E-state index contributed by atoms with van der Waals surface area (Å²) in [4.78, 5) is 24.1. The highest BCUT2D eigenvalue weighted by Crippen LogP contribution is 2.38. The van der Waals surface area contributed by atoms with Gasteiger partial charge in [-0.1, -0.05) is 61.0 Å². The van der Waals surface area contributed by atoms with Crippen molar-refractivity contribution in [2.75, 3.05) is 4.90 Å². The molecule has 1 unspecified atom stereocenters. The van der Waals surface area contributed by atoms with Gasteiger partial charge >= 0.3 is 12.1 Å². The maximum Gasteiger partial charge on any atom is 0.416 e. The van der Waals surface area contributed by atoms with Crippen LogP contribution in [-0.2, 0) is 17.5 Å². The first-order valence-electron chi connectivity index (χ1n) is 10.4. The number of para-hydroxylation sites is 1. The van der Waals surface area contributed by atoms with Crippen LogP contribution in [0.15, 0.2) is 72.8 Å². The Balaban J connectivity index is 0.000000257. The highest BCUT2D eigenvalue weighted by atomic mass is 19.4.